The number of allylic oxidation sites excluding steroid dienone is 4. The molecule has 2 unspecified atom stereocenters. The first-order chi connectivity index (χ1) is 17.1. The minimum Gasteiger partial charge on any atom is -0.338 e. The van der Waals surface area contributed by atoms with E-state index >= 15 is 0 Å². The fourth-order valence-corrected chi connectivity index (χ4v) is 3.98. The third-order valence-corrected chi connectivity index (χ3v) is 6.53. The van der Waals surface area contributed by atoms with Gasteiger partial charge in [0.25, 0.3) is 0 Å². The summed E-state index contributed by atoms with van der Waals surface area (Å²) >= 11 is 0. The maximum Gasteiger partial charge on any atom is 0.182 e. The molecule has 1 aromatic rings. The normalized spacial score (nSPS) is 15.8. The average Bonchev–Trinajstić information content (AvgIpc) is 2.83. The van der Waals surface area contributed by atoms with E-state index in [1.807, 2.05) is 12.2 Å². The van der Waals surface area contributed by atoms with Crippen LogP contribution in [0.15, 0.2) is 84.5 Å². The standard InChI is InChI=1S/C34H52O2/c1-10-13-15-24-31(27-30-22-16-14-17-23-30)32(35-33(8,11-2)25-18-20-28(4)5)36-34(9,12-3)26-19-21-29(6)7/h11-12,14,16-17,20-23,27,32H,2-3,10,13,15,18-19,24-26H2,1,4-9H3. The first-order valence-electron chi connectivity index (χ1n) is 13.7. The number of ether oxygens (including phenoxy) is 2. The van der Waals surface area contributed by atoms with Gasteiger partial charge in [0.15, 0.2) is 6.29 Å². The molecule has 2 heteroatoms. The molecule has 200 valence electrons. The first-order valence-corrected chi connectivity index (χ1v) is 13.7. The predicted octanol–water partition coefficient (Wildman–Crippen LogP) is 10.4. The van der Waals surface area contributed by atoms with Crippen molar-refractivity contribution in [3.63, 3.8) is 0 Å². The van der Waals surface area contributed by atoms with Crippen LogP contribution in [0.25, 0.3) is 6.08 Å². The second-order valence-electron chi connectivity index (χ2n) is 10.8. The predicted molar refractivity (Wildman–Crippen MR) is 159 cm³/mol. The van der Waals surface area contributed by atoms with Crippen molar-refractivity contribution in [2.45, 2.75) is 117 Å². The van der Waals surface area contributed by atoms with E-state index < -0.39 is 17.5 Å². The van der Waals surface area contributed by atoms with E-state index in [-0.39, 0.29) is 0 Å². The summed E-state index contributed by atoms with van der Waals surface area (Å²) in [6.45, 7) is 23.3. The van der Waals surface area contributed by atoms with Gasteiger partial charge in [0.1, 0.15) is 0 Å². The molecule has 1 aromatic carbocycles. The van der Waals surface area contributed by atoms with Crippen molar-refractivity contribution >= 4 is 6.08 Å². The highest BCUT2D eigenvalue weighted by atomic mass is 16.7. The Hall–Kier alpha value is -2.16. The third-order valence-electron chi connectivity index (χ3n) is 6.53. The van der Waals surface area contributed by atoms with Crippen LogP contribution in [0.5, 0.6) is 0 Å². The Kier molecular flexibility index (Phi) is 14.7. The Labute approximate surface area is 222 Å². The molecule has 0 fully saturated rings. The summed E-state index contributed by atoms with van der Waals surface area (Å²) in [6.07, 6.45) is 18.1. The van der Waals surface area contributed by atoms with E-state index in [0.717, 1.165) is 44.1 Å². The Morgan fingerprint density at radius 1 is 0.833 bits per heavy atom. The Morgan fingerprint density at radius 2 is 1.33 bits per heavy atom. The molecule has 0 aliphatic rings. The number of rotatable bonds is 18. The number of hydrogen-bond acceptors (Lipinski definition) is 2. The van der Waals surface area contributed by atoms with Crippen molar-refractivity contribution in [2.24, 2.45) is 0 Å². The molecule has 0 aliphatic heterocycles. The lowest BCUT2D eigenvalue weighted by atomic mass is 9.96. The van der Waals surface area contributed by atoms with Gasteiger partial charge in [-0.15, -0.1) is 13.2 Å². The average molecular weight is 493 g/mol. The smallest absolute Gasteiger partial charge is 0.182 e. The minimum atomic E-state index is -0.515. The topological polar surface area (TPSA) is 18.5 Å². The summed E-state index contributed by atoms with van der Waals surface area (Å²) < 4.78 is 13.7. The lowest BCUT2D eigenvalue weighted by Gasteiger charge is -2.38. The van der Waals surface area contributed by atoms with Crippen molar-refractivity contribution in [1.29, 1.82) is 0 Å². The fraction of sp³-hybridized carbons (Fsp3) is 0.529. The second kappa shape index (κ2) is 16.6. The molecule has 0 N–H and O–H groups in total. The molecular formula is C34H52O2. The van der Waals surface area contributed by atoms with Gasteiger partial charge in [0.2, 0.25) is 0 Å². The highest BCUT2D eigenvalue weighted by molar-refractivity contribution is 5.53. The van der Waals surface area contributed by atoms with Gasteiger partial charge in [0.05, 0.1) is 11.2 Å². The maximum atomic E-state index is 6.86. The maximum absolute atomic E-state index is 6.86. The highest BCUT2D eigenvalue weighted by Crippen LogP contribution is 2.33. The molecule has 2 atom stereocenters. The van der Waals surface area contributed by atoms with Gasteiger partial charge in [-0.2, -0.15) is 0 Å². The zero-order valence-corrected chi connectivity index (χ0v) is 24.2. The molecule has 36 heavy (non-hydrogen) atoms. The Morgan fingerprint density at radius 3 is 1.75 bits per heavy atom. The molecular weight excluding hydrogens is 440 g/mol. The van der Waals surface area contributed by atoms with E-state index in [2.05, 4.69) is 110 Å². The van der Waals surface area contributed by atoms with Crippen LogP contribution in [0.4, 0.5) is 0 Å². The molecule has 0 saturated heterocycles. The van der Waals surface area contributed by atoms with Crippen LogP contribution in [0.2, 0.25) is 0 Å². The summed E-state index contributed by atoms with van der Waals surface area (Å²) in [6, 6.07) is 10.5. The first kappa shape index (κ1) is 31.9. The quantitative estimate of drug-likeness (QED) is 0.115. The second-order valence-corrected chi connectivity index (χ2v) is 10.8. The van der Waals surface area contributed by atoms with Crippen molar-refractivity contribution in [3.8, 4) is 0 Å². The van der Waals surface area contributed by atoms with Crippen LogP contribution in [0.1, 0.15) is 105 Å². The number of benzene rings is 1. The van der Waals surface area contributed by atoms with Gasteiger partial charge in [0, 0.05) is 0 Å². The summed E-state index contributed by atoms with van der Waals surface area (Å²) in [5, 5.41) is 0. The van der Waals surface area contributed by atoms with Gasteiger partial charge in [-0.25, -0.2) is 0 Å². The van der Waals surface area contributed by atoms with Crippen molar-refractivity contribution < 1.29 is 9.47 Å². The minimum absolute atomic E-state index is 0.494. The zero-order chi connectivity index (χ0) is 27.0. The Bertz CT molecular complexity index is 826. The van der Waals surface area contributed by atoms with Gasteiger partial charge < -0.3 is 9.47 Å². The number of hydrogen-bond donors (Lipinski definition) is 0. The van der Waals surface area contributed by atoms with Crippen LogP contribution in [-0.2, 0) is 9.47 Å². The summed E-state index contributed by atoms with van der Waals surface area (Å²) in [4.78, 5) is 0. The molecule has 0 aromatic heterocycles. The molecule has 0 saturated carbocycles. The molecule has 0 amide bonds. The largest absolute Gasteiger partial charge is 0.338 e. The zero-order valence-electron chi connectivity index (χ0n) is 24.2. The molecule has 0 heterocycles. The van der Waals surface area contributed by atoms with Gasteiger partial charge in [-0.1, -0.05) is 91.6 Å². The molecule has 2 nitrogen and oxygen atoms in total. The van der Waals surface area contributed by atoms with E-state index in [9.17, 15) is 0 Å². The van der Waals surface area contributed by atoms with Gasteiger partial charge in [-0.3, -0.25) is 0 Å². The summed E-state index contributed by atoms with van der Waals surface area (Å²) in [7, 11) is 0. The van der Waals surface area contributed by atoms with E-state index in [0.29, 0.717) is 0 Å². The van der Waals surface area contributed by atoms with Crippen LogP contribution >= 0.6 is 0 Å². The summed E-state index contributed by atoms with van der Waals surface area (Å²) in [5.74, 6) is 0. The molecule has 0 spiro atoms. The lowest BCUT2D eigenvalue weighted by Crippen LogP contribution is -2.40. The van der Waals surface area contributed by atoms with Gasteiger partial charge in [-0.05, 0) is 91.2 Å². The molecule has 0 radical (unpaired) electrons. The van der Waals surface area contributed by atoms with Crippen LogP contribution in [-0.4, -0.2) is 17.5 Å². The van der Waals surface area contributed by atoms with Crippen molar-refractivity contribution in [3.05, 3.63) is 90.1 Å². The highest BCUT2D eigenvalue weighted by Gasteiger charge is 2.33. The van der Waals surface area contributed by atoms with E-state index in [1.165, 1.54) is 29.6 Å². The third kappa shape index (κ3) is 12.7. The van der Waals surface area contributed by atoms with Gasteiger partial charge >= 0.3 is 0 Å². The lowest BCUT2D eigenvalue weighted by molar-refractivity contribution is -0.211. The SMILES string of the molecule is C=CC(C)(CCC=C(C)C)OC(OC(C)(C=C)CCC=C(C)C)C(=Cc1ccccc1)CCCCC. The van der Waals surface area contributed by atoms with Crippen molar-refractivity contribution in [2.75, 3.05) is 0 Å². The molecule has 0 bridgehead atoms. The Balaban J connectivity index is 3.41. The van der Waals surface area contributed by atoms with Crippen LogP contribution in [0, 0.1) is 0 Å². The van der Waals surface area contributed by atoms with E-state index in [4.69, 9.17) is 9.47 Å². The van der Waals surface area contributed by atoms with Crippen LogP contribution < -0.4 is 0 Å². The monoisotopic (exact) mass is 492 g/mol. The fourth-order valence-electron chi connectivity index (χ4n) is 3.98. The molecule has 0 aliphatic carbocycles. The summed E-state index contributed by atoms with van der Waals surface area (Å²) in [5.41, 5.74) is 3.93. The van der Waals surface area contributed by atoms with Crippen molar-refractivity contribution in [1.82, 2.24) is 0 Å². The van der Waals surface area contributed by atoms with E-state index in [1.54, 1.807) is 0 Å². The molecule has 1 rings (SSSR count). The van der Waals surface area contributed by atoms with Crippen LogP contribution in [0.3, 0.4) is 0 Å². The number of unbranched alkanes of at least 4 members (excludes halogenated alkanes) is 2.